The maximum atomic E-state index is 14.3. The van der Waals surface area contributed by atoms with Crippen molar-refractivity contribution in [3.8, 4) is 0 Å². The number of rotatable bonds is 3. The number of nitrogens with zero attached hydrogens (tertiary/aromatic N) is 2. The first kappa shape index (κ1) is 16.6. The third-order valence-corrected chi connectivity index (χ3v) is 5.84. The Morgan fingerprint density at radius 3 is 2.67 bits per heavy atom. The minimum absolute atomic E-state index is 0.0841. The number of sulfonamides is 1. The van der Waals surface area contributed by atoms with Crippen LogP contribution in [0.5, 0.6) is 0 Å². The molecule has 2 rings (SSSR count). The summed E-state index contributed by atoms with van der Waals surface area (Å²) in [6, 6.07) is 2.06. The number of hydrogen-bond donors (Lipinski definition) is 1. The summed E-state index contributed by atoms with van der Waals surface area (Å²) >= 11 is 5.84. The lowest BCUT2D eigenvalue weighted by Gasteiger charge is -2.37. The molecular formula is C13H18ClFN2O3S. The third-order valence-electron chi connectivity index (χ3n) is 3.61. The normalized spacial score (nSPS) is 21.7. The van der Waals surface area contributed by atoms with Gasteiger partial charge < -0.3 is 10.0 Å². The highest BCUT2D eigenvalue weighted by atomic mass is 35.5. The summed E-state index contributed by atoms with van der Waals surface area (Å²) in [5.41, 5.74) is -0.122. The molecule has 1 fully saturated rings. The second-order valence-electron chi connectivity index (χ2n) is 5.26. The molecule has 5 nitrogen and oxygen atoms in total. The van der Waals surface area contributed by atoms with E-state index >= 15 is 0 Å². The zero-order chi connectivity index (χ0) is 15.8. The van der Waals surface area contributed by atoms with Gasteiger partial charge in [-0.05, 0) is 26.1 Å². The molecule has 0 saturated carbocycles. The van der Waals surface area contributed by atoms with Crippen LogP contribution in [0.4, 0.5) is 4.39 Å². The first-order valence-corrected chi connectivity index (χ1v) is 8.38. The monoisotopic (exact) mass is 336 g/mol. The van der Waals surface area contributed by atoms with Crippen LogP contribution in [0.25, 0.3) is 0 Å². The van der Waals surface area contributed by atoms with Crippen molar-refractivity contribution in [2.45, 2.75) is 24.5 Å². The third kappa shape index (κ3) is 3.22. The lowest BCUT2D eigenvalue weighted by atomic mass is 10.2. The van der Waals surface area contributed by atoms with Crippen molar-refractivity contribution in [2.75, 3.05) is 26.7 Å². The van der Waals surface area contributed by atoms with Crippen molar-refractivity contribution < 1.29 is 17.9 Å². The molecule has 1 saturated heterocycles. The van der Waals surface area contributed by atoms with E-state index in [1.807, 2.05) is 11.9 Å². The molecule has 0 aliphatic carbocycles. The quantitative estimate of drug-likeness (QED) is 0.903. The van der Waals surface area contributed by atoms with Crippen molar-refractivity contribution in [2.24, 2.45) is 0 Å². The molecule has 0 bridgehead atoms. The van der Waals surface area contributed by atoms with Crippen LogP contribution in [0, 0.1) is 5.82 Å². The lowest BCUT2D eigenvalue weighted by molar-refractivity contribution is 0.170. The molecule has 1 aliphatic heterocycles. The van der Waals surface area contributed by atoms with E-state index in [1.54, 1.807) is 6.92 Å². The van der Waals surface area contributed by atoms with Crippen LogP contribution >= 0.6 is 11.6 Å². The van der Waals surface area contributed by atoms with Crippen molar-refractivity contribution in [3.05, 3.63) is 28.5 Å². The molecule has 0 amide bonds. The van der Waals surface area contributed by atoms with E-state index in [1.165, 1.54) is 10.4 Å². The van der Waals surface area contributed by atoms with Gasteiger partial charge in [0.25, 0.3) is 0 Å². The summed E-state index contributed by atoms with van der Waals surface area (Å²) in [7, 11) is -2.08. The number of aliphatic hydroxyl groups is 1. The van der Waals surface area contributed by atoms with E-state index in [0.29, 0.717) is 19.6 Å². The molecule has 0 spiro atoms. The fourth-order valence-corrected chi connectivity index (χ4v) is 4.58. The SMILES string of the molecule is CC1CN(C)CCN1S(=O)(=O)c1cc(Cl)cc(CO)c1F. The van der Waals surface area contributed by atoms with E-state index in [-0.39, 0.29) is 16.6 Å². The fourth-order valence-electron chi connectivity index (χ4n) is 2.53. The maximum Gasteiger partial charge on any atom is 0.246 e. The van der Waals surface area contributed by atoms with Gasteiger partial charge in [-0.3, -0.25) is 0 Å². The molecule has 0 aromatic heterocycles. The lowest BCUT2D eigenvalue weighted by Crippen LogP contribution is -2.52. The van der Waals surface area contributed by atoms with E-state index in [4.69, 9.17) is 16.7 Å². The minimum Gasteiger partial charge on any atom is -0.392 e. The van der Waals surface area contributed by atoms with Crippen LogP contribution in [0.3, 0.4) is 0 Å². The number of halogens is 2. The predicted octanol–water partition coefficient (Wildman–Crippen LogP) is 1.30. The van der Waals surface area contributed by atoms with Gasteiger partial charge in [0, 0.05) is 36.3 Å². The molecule has 1 aliphatic rings. The van der Waals surface area contributed by atoms with Gasteiger partial charge in [0.2, 0.25) is 10.0 Å². The molecule has 8 heteroatoms. The summed E-state index contributed by atoms with van der Waals surface area (Å²) in [4.78, 5) is 1.54. The second-order valence-corrected chi connectivity index (χ2v) is 7.56. The Labute approximate surface area is 129 Å². The van der Waals surface area contributed by atoms with Crippen molar-refractivity contribution in [3.63, 3.8) is 0 Å². The Hall–Kier alpha value is -0.730. The van der Waals surface area contributed by atoms with E-state index in [0.717, 1.165) is 6.07 Å². The standard InChI is InChI=1S/C13H18ClFN2O3S/c1-9-7-16(2)3-4-17(9)21(19,20)12-6-11(14)5-10(8-18)13(12)15/h5-6,9,18H,3-4,7-8H2,1-2H3. The van der Waals surface area contributed by atoms with Gasteiger partial charge in [-0.1, -0.05) is 11.6 Å². The molecule has 1 aromatic carbocycles. The highest BCUT2D eigenvalue weighted by Gasteiger charge is 2.35. The van der Waals surface area contributed by atoms with Crippen LogP contribution in [0.15, 0.2) is 17.0 Å². The second kappa shape index (κ2) is 6.18. The van der Waals surface area contributed by atoms with Crippen LogP contribution in [-0.4, -0.2) is 55.5 Å². The molecule has 0 radical (unpaired) electrons. The van der Waals surface area contributed by atoms with Crippen LogP contribution < -0.4 is 0 Å². The molecule has 1 aromatic rings. The zero-order valence-corrected chi connectivity index (χ0v) is 13.5. The summed E-state index contributed by atoms with van der Waals surface area (Å²) in [6.07, 6.45) is 0. The average Bonchev–Trinajstić information content (AvgIpc) is 2.40. The summed E-state index contributed by atoms with van der Waals surface area (Å²) < 4.78 is 40.9. The van der Waals surface area contributed by atoms with Crippen molar-refractivity contribution >= 4 is 21.6 Å². The molecule has 118 valence electrons. The van der Waals surface area contributed by atoms with Crippen molar-refractivity contribution in [1.29, 1.82) is 0 Å². The van der Waals surface area contributed by atoms with Gasteiger partial charge in [-0.25, -0.2) is 12.8 Å². The largest absolute Gasteiger partial charge is 0.392 e. The van der Waals surface area contributed by atoms with Crippen LogP contribution in [0.1, 0.15) is 12.5 Å². The molecular weight excluding hydrogens is 319 g/mol. The fraction of sp³-hybridized carbons (Fsp3) is 0.538. The smallest absolute Gasteiger partial charge is 0.246 e. The Bertz CT molecular complexity index is 639. The van der Waals surface area contributed by atoms with Gasteiger partial charge in [0.05, 0.1) is 6.61 Å². The van der Waals surface area contributed by atoms with Crippen LogP contribution in [0.2, 0.25) is 5.02 Å². The number of hydrogen-bond acceptors (Lipinski definition) is 4. The maximum absolute atomic E-state index is 14.3. The van der Waals surface area contributed by atoms with E-state index in [2.05, 4.69) is 0 Å². The predicted molar refractivity (Wildman–Crippen MR) is 78.2 cm³/mol. The molecule has 1 heterocycles. The Balaban J connectivity index is 2.47. The highest BCUT2D eigenvalue weighted by molar-refractivity contribution is 7.89. The van der Waals surface area contributed by atoms with E-state index in [9.17, 15) is 12.8 Å². The zero-order valence-electron chi connectivity index (χ0n) is 11.9. The van der Waals surface area contributed by atoms with Crippen LogP contribution in [-0.2, 0) is 16.6 Å². The molecule has 1 N–H and O–H groups in total. The number of benzene rings is 1. The van der Waals surface area contributed by atoms with Gasteiger partial charge in [0.1, 0.15) is 10.7 Å². The molecule has 21 heavy (non-hydrogen) atoms. The summed E-state index contributed by atoms with van der Waals surface area (Å²) in [6.45, 7) is 2.63. The topological polar surface area (TPSA) is 60.9 Å². The van der Waals surface area contributed by atoms with E-state index < -0.39 is 27.3 Å². The first-order valence-electron chi connectivity index (χ1n) is 6.56. The molecule has 1 unspecified atom stereocenters. The Kier molecular flexibility index (Phi) is 4.89. The Morgan fingerprint density at radius 2 is 2.10 bits per heavy atom. The van der Waals surface area contributed by atoms with Gasteiger partial charge in [-0.15, -0.1) is 0 Å². The minimum atomic E-state index is -3.98. The summed E-state index contributed by atoms with van der Waals surface area (Å²) in [5.74, 6) is -0.937. The number of likely N-dealkylation sites (N-methyl/N-ethyl adjacent to an activating group) is 1. The number of piperazine rings is 1. The van der Waals surface area contributed by atoms with Gasteiger partial charge in [-0.2, -0.15) is 4.31 Å². The number of aliphatic hydroxyl groups excluding tert-OH is 1. The van der Waals surface area contributed by atoms with Gasteiger partial charge in [0.15, 0.2) is 0 Å². The highest BCUT2D eigenvalue weighted by Crippen LogP contribution is 2.28. The van der Waals surface area contributed by atoms with Gasteiger partial charge >= 0.3 is 0 Å². The van der Waals surface area contributed by atoms with Crippen molar-refractivity contribution in [1.82, 2.24) is 9.21 Å². The first-order chi connectivity index (χ1) is 9.77. The molecule has 1 atom stereocenters. The summed E-state index contributed by atoms with van der Waals surface area (Å²) in [5, 5.41) is 9.20. The average molecular weight is 337 g/mol. The Morgan fingerprint density at radius 1 is 1.43 bits per heavy atom.